The summed E-state index contributed by atoms with van der Waals surface area (Å²) in [4.78, 5) is 24.1. The molecule has 0 fully saturated rings. The van der Waals surface area contributed by atoms with Crippen LogP contribution in [0.5, 0.6) is 0 Å². The van der Waals surface area contributed by atoms with Crippen LogP contribution in [0.1, 0.15) is 32.2 Å². The van der Waals surface area contributed by atoms with E-state index in [1.165, 1.54) is 23.3 Å². The molecule has 0 aliphatic carbocycles. The second-order valence-corrected chi connectivity index (χ2v) is 6.98. The molecule has 0 bridgehead atoms. The second-order valence-electron chi connectivity index (χ2n) is 6.03. The summed E-state index contributed by atoms with van der Waals surface area (Å²) in [5.74, 6) is 6.55. The van der Waals surface area contributed by atoms with Gasteiger partial charge in [-0.05, 0) is 11.8 Å². The van der Waals surface area contributed by atoms with Crippen LogP contribution in [-0.4, -0.2) is 24.0 Å². The SMILES string of the molecule is Cn1c(Sc2nnc(C(C)(C)C)n2N)c(C#N)c(=O)n(C)c1=O. The molecule has 0 aromatic carbocycles. The standard InChI is InChI=1S/C13H17N7O2S/c1-13(2,3)10-16-17-11(20(10)15)23-9-7(6-14)8(21)18(4)12(22)19(9)5/h15H2,1-5H3. The number of rotatable bonds is 2. The molecule has 0 radical (unpaired) electrons. The maximum atomic E-state index is 12.1. The average Bonchev–Trinajstić information content (AvgIpc) is 2.84. The Morgan fingerprint density at radius 1 is 1.17 bits per heavy atom. The van der Waals surface area contributed by atoms with Crippen molar-refractivity contribution in [3.05, 3.63) is 32.2 Å². The van der Waals surface area contributed by atoms with Crippen molar-refractivity contribution in [2.24, 2.45) is 14.1 Å². The maximum Gasteiger partial charge on any atom is 0.331 e. The van der Waals surface area contributed by atoms with Crippen LogP contribution in [0, 0.1) is 11.3 Å². The Kier molecular flexibility index (Phi) is 4.08. The minimum Gasteiger partial charge on any atom is -0.336 e. The number of nitrogen functional groups attached to an aromatic ring is 1. The highest BCUT2D eigenvalue weighted by molar-refractivity contribution is 7.99. The molecule has 2 aromatic heterocycles. The lowest BCUT2D eigenvalue weighted by Crippen LogP contribution is -2.39. The Morgan fingerprint density at radius 3 is 2.26 bits per heavy atom. The van der Waals surface area contributed by atoms with E-state index in [-0.39, 0.29) is 21.2 Å². The van der Waals surface area contributed by atoms with E-state index in [0.29, 0.717) is 5.82 Å². The first-order valence-corrected chi connectivity index (χ1v) is 7.50. The third kappa shape index (κ3) is 2.75. The predicted octanol–water partition coefficient (Wildman–Crippen LogP) is -0.290. The van der Waals surface area contributed by atoms with Crippen molar-refractivity contribution >= 4 is 11.8 Å². The maximum absolute atomic E-state index is 12.1. The first kappa shape index (κ1) is 16.8. The highest BCUT2D eigenvalue weighted by Gasteiger charge is 2.25. The van der Waals surface area contributed by atoms with Gasteiger partial charge in [-0.1, -0.05) is 20.8 Å². The number of hydrogen-bond acceptors (Lipinski definition) is 7. The molecule has 0 saturated heterocycles. The van der Waals surface area contributed by atoms with E-state index in [0.717, 1.165) is 16.3 Å². The highest BCUT2D eigenvalue weighted by Crippen LogP contribution is 2.28. The third-order valence-corrected chi connectivity index (χ3v) is 4.38. The Hall–Kier alpha value is -2.54. The first-order valence-electron chi connectivity index (χ1n) is 6.68. The molecule has 0 unspecified atom stereocenters. The quantitative estimate of drug-likeness (QED) is 0.590. The van der Waals surface area contributed by atoms with Gasteiger partial charge in [0.15, 0.2) is 5.82 Å². The van der Waals surface area contributed by atoms with Crippen LogP contribution < -0.4 is 17.1 Å². The Morgan fingerprint density at radius 2 is 1.78 bits per heavy atom. The Balaban J connectivity index is 2.64. The van der Waals surface area contributed by atoms with Gasteiger partial charge in [-0.2, -0.15) is 5.26 Å². The van der Waals surface area contributed by atoms with Crippen molar-refractivity contribution < 1.29 is 0 Å². The van der Waals surface area contributed by atoms with Gasteiger partial charge in [0, 0.05) is 19.5 Å². The molecule has 2 rings (SSSR count). The number of nitrogens with two attached hydrogens (primary N) is 1. The molecular formula is C13H17N7O2S. The van der Waals surface area contributed by atoms with Crippen molar-refractivity contribution in [2.45, 2.75) is 36.4 Å². The zero-order valence-corrected chi connectivity index (χ0v) is 14.3. The highest BCUT2D eigenvalue weighted by atomic mass is 32.2. The van der Waals surface area contributed by atoms with Crippen molar-refractivity contribution in [3.63, 3.8) is 0 Å². The summed E-state index contributed by atoms with van der Waals surface area (Å²) in [5.41, 5.74) is -1.65. The van der Waals surface area contributed by atoms with Crippen LogP contribution in [0.2, 0.25) is 0 Å². The van der Waals surface area contributed by atoms with Gasteiger partial charge in [-0.3, -0.25) is 13.9 Å². The van der Waals surface area contributed by atoms with Gasteiger partial charge in [0.2, 0.25) is 5.16 Å². The number of nitriles is 1. The van der Waals surface area contributed by atoms with E-state index in [9.17, 15) is 14.9 Å². The molecule has 2 aromatic rings. The molecule has 0 spiro atoms. The van der Waals surface area contributed by atoms with Gasteiger partial charge in [0.25, 0.3) is 5.56 Å². The van der Waals surface area contributed by atoms with Gasteiger partial charge in [0.05, 0.1) is 0 Å². The topological polar surface area (TPSA) is 125 Å². The van der Waals surface area contributed by atoms with E-state index in [1.807, 2.05) is 26.8 Å². The molecule has 0 amide bonds. The van der Waals surface area contributed by atoms with E-state index < -0.39 is 11.2 Å². The molecule has 0 aliphatic rings. The summed E-state index contributed by atoms with van der Waals surface area (Å²) in [5, 5.41) is 17.8. The molecule has 0 saturated carbocycles. The van der Waals surface area contributed by atoms with E-state index in [4.69, 9.17) is 5.84 Å². The van der Waals surface area contributed by atoms with Gasteiger partial charge < -0.3 is 5.84 Å². The summed E-state index contributed by atoms with van der Waals surface area (Å²) >= 11 is 0.957. The van der Waals surface area contributed by atoms with Gasteiger partial charge in [-0.25, -0.2) is 9.47 Å². The normalized spacial score (nSPS) is 11.5. The van der Waals surface area contributed by atoms with Crippen LogP contribution >= 0.6 is 11.8 Å². The summed E-state index contributed by atoms with van der Waals surface area (Å²) in [6.07, 6.45) is 0. The number of nitrogens with zero attached hydrogens (tertiary/aromatic N) is 6. The molecule has 2 N–H and O–H groups in total. The monoisotopic (exact) mass is 335 g/mol. The molecule has 10 heteroatoms. The van der Waals surface area contributed by atoms with E-state index in [1.54, 1.807) is 0 Å². The van der Waals surface area contributed by atoms with Crippen LogP contribution in [0.4, 0.5) is 0 Å². The van der Waals surface area contributed by atoms with Crippen molar-refractivity contribution in [3.8, 4) is 6.07 Å². The van der Waals surface area contributed by atoms with Gasteiger partial charge in [-0.15, -0.1) is 10.2 Å². The lowest BCUT2D eigenvalue weighted by molar-refractivity contribution is 0.523. The molecule has 9 nitrogen and oxygen atoms in total. The first-order chi connectivity index (χ1) is 10.6. The largest absolute Gasteiger partial charge is 0.336 e. The molecule has 0 atom stereocenters. The third-order valence-electron chi connectivity index (χ3n) is 3.25. The van der Waals surface area contributed by atoms with Crippen molar-refractivity contribution in [1.82, 2.24) is 24.0 Å². The summed E-state index contributed by atoms with van der Waals surface area (Å²) in [6, 6.07) is 1.84. The van der Waals surface area contributed by atoms with Crippen LogP contribution in [0.15, 0.2) is 19.8 Å². The van der Waals surface area contributed by atoms with Crippen molar-refractivity contribution in [1.29, 1.82) is 5.26 Å². The predicted molar refractivity (Wildman–Crippen MR) is 84.6 cm³/mol. The molecule has 0 aliphatic heterocycles. The fraction of sp³-hybridized carbons (Fsp3) is 0.462. The van der Waals surface area contributed by atoms with Crippen LogP contribution in [-0.2, 0) is 19.5 Å². The van der Waals surface area contributed by atoms with Crippen LogP contribution in [0.25, 0.3) is 0 Å². The average molecular weight is 335 g/mol. The summed E-state index contributed by atoms with van der Waals surface area (Å²) < 4.78 is 3.40. The summed E-state index contributed by atoms with van der Waals surface area (Å²) in [7, 11) is 2.80. The van der Waals surface area contributed by atoms with Gasteiger partial charge in [0.1, 0.15) is 16.7 Å². The number of hydrogen-bond donors (Lipinski definition) is 1. The Bertz CT molecular complexity index is 924. The van der Waals surface area contributed by atoms with Crippen molar-refractivity contribution in [2.75, 3.05) is 5.84 Å². The Labute approximate surface area is 136 Å². The smallest absolute Gasteiger partial charge is 0.331 e. The lowest BCUT2D eigenvalue weighted by atomic mass is 9.96. The second kappa shape index (κ2) is 5.58. The molecule has 122 valence electrons. The van der Waals surface area contributed by atoms with E-state index in [2.05, 4.69) is 10.2 Å². The van der Waals surface area contributed by atoms with Crippen LogP contribution in [0.3, 0.4) is 0 Å². The molecular weight excluding hydrogens is 318 g/mol. The lowest BCUT2D eigenvalue weighted by Gasteiger charge is -2.16. The molecule has 2 heterocycles. The van der Waals surface area contributed by atoms with E-state index >= 15 is 0 Å². The zero-order chi connectivity index (χ0) is 17.5. The minimum absolute atomic E-state index is 0.139. The minimum atomic E-state index is -0.655. The molecule has 23 heavy (non-hydrogen) atoms. The fourth-order valence-electron chi connectivity index (χ4n) is 1.99. The number of aromatic nitrogens is 5. The fourth-order valence-corrected chi connectivity index (χ4v) is 2.87. The summed E-state index contributed by atoms with van der Waals surface area (Å²) in [6.45, 7) is 5.80. The van der Waals surface area contributed by atoms with Gasteiger partial charge >= 0.3 is 5.69 Å². The zero-order valence-electron chi connectivity index (χ0n) is 13.5.